The molecule has 2 aromatic carbocycles. The van der Waals surface area contributed by atoms with E-state index in [1.165, 1.54) is 12.1 Å². The Morgan fingerprint density at radius 1 is 1.09 bits per heavy atom. The highest BCUT2D eigenvalue weighted by molar-refractivity contribution is 6.30. The van der Waals surface area contributed by atoms with Gasteiger partial charge in [-0.05, 0) is 30.0 Å². The third-order valence-corrected chi connectivity index (χ3v) is 5.35. The molecule has 34 heavy (non-hydrogen) atoms. The summed E-state index contributed by atoms with van der Waals surface area (Å²) in [6.45, 7) is 8.36. The maximum Gasteiger partial charge on any atom is 0.246 e. The van der Waals surface area contributed by atoms with Crippen molar-refractivity contribution in [2.45, 2.75) is 34.1 Å². The predicted molar refractivity (Wildman–Crippen MR) is 133 cm³/mol. The molecular weight excluding hydrogens is 455 g/mol. The first-order valence-corrected chi connectivity index (χ1v) is 11.7. The number of nitrogens with one attached hydrogen (secondary N) is 1. The smallest absolute Gasteiger partial charge is 0.246 e. The normalized spacial score (nSPS) is 11.2. The molecule has 2 amide bonds. The van der Waals surface area contributed by atoms with Gasteiger partial charge in [0.15, 0.2) is 0 Å². The molecule has 1 heterocycles. The van der Waals surface area contributed by atoms with Gasteiger partial charge in [-0.15, -0.1) is 0 Å². The van der Waals surface area contributed by atoms with Crippen molar-refractivity contribution in [1.82, 2.24) is 14.5 Å². The van der Waals surface area contributed by atoms with E-state index in [1.54, 1.807) is 21.7 Å². The maximum atomic E-state index is 13.7. The van der Waals surface area contributed by atoms with Gasteiger partial charge in [-0.25, -0.2) is 9.37 Å². The molecule has 3 rings (SSSR count). The van der Waals surface area contributed by atoms with Gasteiger partial charge in [0.05, 0.1) is 22.9 Å². The molecule has 8 heteroatoms. The minimum Gasteiger partial charge on any atom is -0.333 e. The summed E-state index contributed by atoms with van der Waals surface area (Å²) in [6.07, 6.45) is 2.13. The van der Waals surface area contributed by atoms with Crippen LogP contribution in [0.3, 0.4) is 0 Å². The second-order valence-corrected chi connectivity index (χ2v) is 9.51. The lowest BCUT2D eigenvalue weighted by Gasteiger charge is -2.25. The Morgan fingerprint density at radius 3 is 2.41 bits per heavy atom. The largest absolute Gasteiger partial charge is 0.333 e. The van der Waals surface area contributed by atoms with Crippen molar-refractivity contribution in [3.8, 4) is 16.9 Å². The number of halogens is 2. The highest BCUT2D eigenvalue weighted by Gasteiger charge is 2.21. The van der Waals surface area contributed by atoms with Gasteiger partial charge in [-0.2, -0.15) is 0 Å². The number of carbonyl (C=O) groups excluding carboxylic acids is 2. The average Bonchev–Trinajstić information content (AvgIpc) is 3.18. The van der Waals surface area contributed by atoms with Crippen molar-refractivity contribution >= 4 is 29.4 Å². The summed E-state index contributed by atoms with van der Waals surface area (Å²) >= 11 is 6.00. The van der Waals surface area contributed by atoms with Crippen LogP contribution in [0.5, 0.6) is 0 Å². The number of aromatic nitrogens is 2. The monoisotopic (exact) mass is 484 g/mol. The van der Waals surface area contributed by atoms with Crippen molar-refractivity contribution in [3.63, 3.8) is 0 Å². The zero-order chi connectivity index (χ0) is 24.8. The summed E-state index contributed by atoms with van der Waals surface area (Å²) in [5.74, 6) is -0.285. The Hall–Kier alpha value is -3.19. The SMILES string of the molecule is CC(C)CC(=O)N(CC(=O)Nc1nc(-c2ccccc2)cn1-c1ccc(F)c(Cl)c1)CC(C)C. The zero-order valence-electron chi connectivity index (χ0n) is 19.9. The molecule has 0 spiro atoms. The fourth-order valence-corrected chi connectivity index (χ4v) is 3.73. The fourth-order valence-electron chi connectivity index (χ4n) is 3.56. The lowest BCUT2D eigenvalue weighted by Crippen LogP contribution is -2.40. The van der Waals surface area contributed by atoms with Crippen LogP contribution < -0.4 is 5.32 Å². The van der Waals surface area contributed by atoms with Crippen LogP contribution in [-0.4, -0.2) is 39.4 Å². The second kappa shape index (κ2) is 11.3. The van der Waals surface area contributed by atoms with Crippen molar-refractivity contribution in [2.24, 2.45) is 11.8 Å². The van der Waals surface area contributed by atoms with Crippen LogP contribution in [-0.2, 0) is 9.59 Å². The van der Waals surface area contributed by atoms with Crippen LogP contribution in [0.2, 0.25) is 5.02 Å². The lowest BCUT2D eigenvalue weighted by molar-refractivity contribution is -0.135. The highest BCUT2D eigenvalue weighted by Crippen LogP contribution is 2.26. The molecule has 0 saturated carbocycles. The first-order valence-electron chi connectivity index (χ1n) is 11.3. The number of benzene rings is 2. The molecule has 3 aromatic rings. The van der Waals surface area contributed by atoms with Gasteiger partial charge in [-0.1, -0.05) is 69.6 Å². The van der Waals surface area contributed by atoms with Crippen molar-refractivity contribution in [1.29, 1.82) is 0 Å². The minimum atomic E-state index is -0.535. The Labute approximate surface area is 204 Å². The quantitative estimate of drug-likeness (QED) is 0.417. The molecule has 1 N–H and O–H groups in total. The maximum absolute atomic E-state index is 13.7. The van der Waals surface area contributed by atoms with Gasteiger partial charge in [-0.3, -0.25) is 19.5 Å². The van der Waals surface area contributed by atoms with Crippen LogP contribution in [0, 0.1) is 17.7 Å². The first kappa shape index (κ1) is 25.4. The van der Waals surface area contributed by atoms with Crippen molar-refractivity contribution in [3.05, 3.63) is 65.6 Å². The number of nitrogens with zero attached hydrogens (tertiary/aromatic N) is 3. The standard InChI is InChI=1S/C26H30ClFN4O2/c1-17(2)12-25(34)31(14-18(3)4)16-24(33)30-26-29-23(19-8-6-5-7-9-19)15-32(26)20-10-11-22(28)21(27)13-20/h5-11,13,15,17-18H,12,14,16H2,1-4H3,(H,29,30,33). The fraction of sp³-hybridized carbons (Fsp3) is 0.346. The number of rotatable bonds is 9. The van der Waals surface area contributed by atoms with E-state index in [0.29, 0.717) is 24.3 Å². The predicted octanol–water partition coefficient (Wildman–Crippen LogP) is 5.80. The Morgan fingerprint density at radius 2 is 1.79 bits per heavy atom. The molecule has 0 saturated heterocycles. The van der Waals surface area contributed by atoms with Gasteiger partial charge < -0.3 is 4.90 Å². The van der Waals surface area contributed by atoms with Crippen molar-refractivity contribution < 1.29 is 14.0 Å². The van der Waals surface area contributed by atoms with Crippen LogP contribution >= 0.6 is 11.6 Å². The van der Waals surface area contributed by atoms with Gasteiger partial charge in [0.2, 0.25) is 17.8 Å². The zero-order valence-corrected chi connectivity index (χ0v) is 20.6. The molecule has 0 aliphatic heterocycles. The second-order valence-electron chi connectivity index (χ2n) is 9.10. The number of anilines is 1. The van der Waals surface area contributed by atoms with Crippen LogP contribution in [0.4, 0.5) is 10.3 Å². The molecule has 0 bridgehead atoms. The summed E-state index contributed by atoms with van der Waals surface area (Å²) in [4.78, 5) is 31.9. The third kappa shape index (κ3) is 6.67. The number of hydrogen-bond donors (Lipinski definition) is 1. The van der Waals surface area contributed by atoms with E-state index in [1.807, 2.05) is 58.0 Å². The molecular formula is C26H30ClFN4O2. The molecule has 180 valence electrons. The Bertz CT molecular complexity index is 1140. The third-order valence-electron chi connectivity index (χ3n) is 5.06. The van der Waals surface area contributed by atoms with E-state index in [2.05, 4.69) is 10.3 Å². The van der Waals surface area contributed by atoms with E-state index >= 15 is 0 Å². The lowest BCUT2D eigenvalue weighted by atomic mass is 10.1. The van der Waals surface area contributed by atoms with Crippen LogP contribution in [0.15, 0.2) is 54.7 Å². The Balaban J connectivity index is 1.90. The summed E-state index contributed by atoms with van der Waals surface area (Å²) in [6, 6.07) is 13.8. The molecule has 0 atom stereocenters. The molecule has 0 aliphatic rings. The van der Waals surface area contributed by atoms with Crippen LogP contribution in [0.1, 0.15) is 34.1 Å². The van der Waals surface area contributed by atoms with E-state index < -0.39 is 5.82 Å². The van der Waals surface area contributed by atoms with Gasteiger partial charge in [0.1, 0.15) is 5.82 Å². The highest BCUT2D eigenvalue weighted by atomic mass is 35.5. The van der Waals surface area contributed by atoms with Crippen molar-refractivity contribution in [2.75, 3.05) is 18.4 Å². The average molecular weight is 485 g/mol. The first-order chi connectivity index (χ1) is 16.1. The summed E-state index contributed by atoms with van der Waals surface area (Å²) in [5.41, 5.74) is 2.04. The molecule has 0 unspecified atom stereocenters. The van der Waals surface area contributed by atoms with Gasteiger partial charge >= 0.3 is 0 Å². The van der Waals surface area contributed by atoms with Gasteiger partial charge in [0.25, 0.3) is 0 Å². The molecule has 0 aliphatic carbocycles. The summed E-state index contributed by atoms with van der Waals surface area (Å²) in [5, 5.41) is 2.79. The van der Waals surface area contributed by atoms with E-state index in [0.717, 1.165) is 5.56 Å². The van der Waals surface area contributed by atoms with E-state index in [4.69, 9.17) is 11.6 Å². The van der Waals surface area contributed by atoms with E-state index in [9.17, 15) is 14.0 Å². The summed E-state index contributed by atoms with van der Waals surface area (Å²) in [7, 11) is 0. The molecule has 0 radical (unpaired) electrons. The number of imidazole rings is 1. The molecule has 1 aromatic heterocycles. The Kier molecular flexibility index (Phi) is 8.45. The number of amides is 2. The van der Waals surface area contributed by atoms with Crippen LogP contribution in [0.25, 0.3) is 16.9 Å². The minimum absolute atomic E-state index is 0.0351. The topological polar surface area (TPSA) is 67.2 Å². The molecule has 0 fully saturated rings. The van der Waals surface area contributed by atoms with E-state index in [-0.39, 0.29) is 41.2 Å². The number of carbonyl (C=O) groups is 2. The summed E-state index contributed by atoms with van der Waals surface area (Å²) < 4.78 is 15.4. The van der Waals surface area contributed by atoms with Gasteiger partial charge in [0, 0.05) is 24.7 Å². The number of hydrogen-bond acceptors (Lipinski definition) is 3. The molecule has 6 nitrogen and oxygen atoms in total.